The molecule has 0 radical (unpaired) electrons. The minimum Gasteiger partial charge on any atom is -0.493 e. The molecule has 1 saturated heterocycles. The van der Waals surface area contributed by atoms with Gasteiger partial charge in [-0.1, -0.05) is 18.2 Å². The lowest BCUT2D eigenvalue weighted by atomic mass is 9.99. The summed E-state index contributed by atoms with van der Waals surface area (Å²) in [6.45, 7) is -0.731. The molecule has 1 fully saturated rings. The second-order valence-corrected chi connectivity index (χ2v) is 8.61. The Hall–Kier alpha value is -2.84. The van der Waals surface area contributed by atoms with Crippen LogP contribution in [0.4, 0.5) is 5.95 Å². The Kier molecular flexibility index (Phi) is 6.24. The van der Waals surface area contributed by atoms with Crippen molar-refractivity contribution in [3.8, 4) is 5.75 Å². The normalized spacial score (nSPS) is 25.5. The summed E-state index contributed by atoms with van der Waals surface area (Å²) in [6.07, 6.45) is -3.46. The summed E-state index contributed by atoms with van der Waals surface area (Å²) >= 11 is 0. The van der Waals surface area contributed by atoms with Gasteiger partial charge < -0.3 is 35.2 Å². The van der Waals surface area contributed by atoms with Gasteiger partial charge in [-0.3, -0.25) is 18.9 Å². The molecule has 0 unspecified atom stereocenters. The number of nitrogens with one attached hydrogen (secondary N) is 1. The molecule has 1 aromatic carbocycles. The molecule has 0 saturated carbocycles. The zero-order valence-electron chi connectivity index (χ0n) is 17.0. The maximum Gasteiger partial charge on any atom is 0.469 e. The molecule has 0 amide bonds. The maximum absolute atomic E-state index is 12.2. The van der Waals surface area contributed by atoms with E-state index >= 15 is 0 Å². The van der Waals surface area contributed by atoms with E-state index in [2.05, 4.69) is 19.5 Å². The fraction of sp³-hybridized carbons (Fsp3) is 0.389. The number of ether oxygens (including phenoxy) is 2. The van der Waals surface area contributed by atoms with Gasteiger partial charge in [0.15, 0.2) is 16.9 Å². The predicted octanol–water partition coefficient (Wildman–Crippen LogP) is -0.946. The number of fused-ring (bicyclic) bond motifs is 1. The summed E-state index contributed by atoms with van der Waals surface area (Å²) in [5.41, 5.74) is 3.14. The SMILES string of the molecule is Nc1nc2c(ncn2[C@]2(CCOc3ccccc3)O[C@H](COP(=O)(O)O)[C@@H](O)[C@H]2O)c(=O)[nH]1. The number of anilines is 1. The lowest BCUT2D eigenvalue weighted by molar-refractivity contribution is -0.153. The number of phosphoric acid groups is 1. The molecule has 178 valence electrons. The Morgan fingerprint density at radius 2 is 2.00 bits per heavy atom. The largest absolute Gasteiger partial charge is 0.493 e. The highest BCUT2D eigenvalue weighted by atomic mass is 31.2. The van der Waals surface area contributed by atoms with Crippen molar-refractivity contribution in [2.24, 2.45) is 0 Å². The highest BCUT2D eigenvalue weighted by Crippen LogP contribution is 2.42. The van der Waals surface area contributed by atoms with Gasteiger partial charge >= 0.3 is 7.82 Å². The molecule has 15 heteroatoms. The summed E-state index contributed by atoms with van der Waals surface area (Å²) in [6, 6.07) is 8.80. The standard InChI is InChI=1S/C18H22N5O9P/c19-17-21-15-12(16(26)22-17)20-9-23(15)18(6-7-30-10-4-2-1-3-5-10)14(25)13(24)11(32-18)8-31-33(27,28)29/h1-5,9,11,13-14,24-25H,6-8H2,(H2,27,28,29)(H3,19,21,22,26)/t11-,13-,14-,18-/m1/s1. The Morgan fingerprint density at radius 3 is 2.70 bits per heavy atom. The summed E-state index contributed by atoms with van der Waals surface area (Å²) in [4.78, 5) is 40.6. The molecule has 4 rings (SSSR count). The zero-order valence-corrected chi connectivity index (χ0v) is 17.9. The Balaban J connectivity index is 1.71. The second kappa shape index (κ2) is 8.83. The molecule has 0 aliphatic carbocycles. The van der Waals surface area contributed by atoms with Gasteiger partial charge in [0.1, 0.15) is 24.1 Å². The van der Waals surface area contributed by atoms with Gasteiger partial charge in [0.25, 0.3) is 5.56 Å². The van der Waals surface area contributed by atoms with Crippen molar-refractivity contribution in [3.63, 3.8) is 0 Å². The van der Waals surface area contributed by atoms with Gasteiger partial charge in [0.2, 0.25) is 5.95 Å². The van der Waals surface area contributed by atoms with Crippen molar-refractivity contribution < 1.29 is 38.6 Å². The van der Waals surface area contributed by atoms with Gasteiger partial charge in [-0.05, 0) is 12.1 Å². The van der Waals surface area contributed by atoms with Crippen LogP contribution in [0.25, 0.3) is 11.2 Å². The van der Waals surface area contributed by atoms with E-state index in [1.165, 1.54) is 10.9 Å². The molecule has 0 bridgehead atoms. The number of nitrogen functional groups attached to an aromatic ring is 1. The molecule has 3 aromatic rings. The number of nitrogens with zero attached hydrogens (tertiary/aromatic N) is 3. The van der Waals surface area contributed by atoms with Crippen LogP contribution in [0.15, 0.2) is 41.5 Å². The minimum atomic E-state index is -4.87. The van der Waals surface area contributed by atoms with Crippen molar-refractivity contribution in [3.05, 3.63) is 47.0 Å². The fourth-order valence-corrected chi connectivity index (χ4v) is 4.08. The maximum atomic E-state index is 12.2. The van der Waals surface area contributed by atoms with Crippen LogP contribution in [-0.4, -0.2) is 71.0 Å². The van der Waals surface area contributed by atoms with Gasteiger partial charge in [-0.25, -0.2) is 9.55 Å². The summed E-state index contributed by atoms with van der Waals surface area (Å²) in [7, 11) is -4.87. The number of nitrogens with two attached hydrogens (primary N) is 1. The number of aromatic nitrogens is 4. The van der Waals surface area contributed by atoms with E-state index in [1.54, 1.807) is 24.3 Å². The number of imidazole rings is 1. The van der Waals surface area contributed by atoms with Crippen LogP contribution in [0.5, 0.6) is 5.75 Å². The average molecular weight is 483 g/mol. The predicted molar refractivity (Wildman–Crippen MR) is 112 cm³/mol. The number of hydrogen-bond acceptors (Lipinski definition) is 10. The first kappa shape index (κ1) is 23.3. The van der Waals surface area contributed by atoms with Crippen LogP contribution >= 0.6 is 7.82 Å². The van der Waals surface area contributed by atoms with E-state index in [9.17, 15) is 19.6 Å². The molecule has 3 heterocycles. The quantitative estimate of drug-likeness (QED) is 0.214. The molecule has 1 aliphatic heterocycles. The van der Waals surface area contributed by atoms with Crippen LogP contribution in [0.2, 0.25) is 0 Å². The fourth-order valence-electron chi connectivity index (χ4n) is 3.74. The van der Waals surface area contributed by atoms with Crippen molar-refractivity contribution >= 4 is 24.9 Å². The van der Waals surface area contributed by atoms with Crippen molar-refractivity contribution in [2.75, 3.05) is 18.9 Å². The minimum absolute atomic E-state index is 0.0157. The molecular formula is C18H22N5O9P. The van der Waals surface area contributed by atoms with Crippen molar-refractivity contribution in [1.29, 1.82) is 0 Å². The lowest BCUT2D eigenvalue weighted by Gasteiger charge is -2.33. The Morgan fingerprint density at radius 1 is 1.27 bits per heavy atom. The molecule has 14 nitrogen and oxygen atoms in total. The Bertz CT molecular complexity index is 1230. The molecule has 0 spiro atoms. The summed E-state index contributed by atoms with van der Waals surface area (Å²) < 4.78 is 28.5. The number of para-hydroxylation sites is 1. The third-order valence-electron chi connectivity index (χ3n) is 5.23. The van der Waals surface area contributed by atoms with Crippen LogP contribution in [0, 0.1) is 0 Å². The molecule has 4 atom stereocenters. The molecule has 2 aromatic heterocycles. The molecular weight excluding hydrogens is 461 g/mol. The Labute approximate surface area is 185 Å². The smallest absolute Gasteiger partial charge is 0.469 e. The van der Waals surface area contributed by atoms with Crippen LogP contribution in [-0.2, 0) is 19.6 Å². The number of rotatable bonds is 8. The lowest BCUT2D eigenvalue weighted by Crippen LogP contribution is -2.46. The van der Waals surface area contributed by atoms with E-state index in [0.717, 1.165) is 0 Å². The third-order valence-corrected chi connectivity index (χ3v) is 5.72. The number of aliphatic hydroxyl groups excluding tert-OH is 2. The summed E-state index contributed by atoms with van der Waals surface area (Å²) in [5.74, 6) is 0.329. The number of aliphatic hydroxyl groups is 2. The van der Waals surface area contributed by atoms with E-state index in [0.29, 0.717) is 5.75 Å². The number of benzene rings is 1. The molecule has 33 heavy (non-hydrogen) atoms. The first-order valence-electron chi connectivity index (χ1n) is 9.76. The zero-order chi connectivity index (χ0) is 23.8. The van der Waals surface area contributed by atoms with Gasteiger partial charge in [-0.15, -0.1) is 0 Å². The first-order chi connectivity index (χ1) is 15.6. The average Bonchev–Trinajstić information content (AvgIpc) is 3.28. The monoisotopic (exact) mass is 483 g/mol. The van der Waals surface area contributed by atoms with Gasteiger partial charge in [0, 0.05) is 6.42 Å². The highest BCUT2D eigenvalue weighted by molar-refractivity contribution is 7.46. The van der Waals surface area contributed by atoms with E-state index < -0.39 is 44.0 Å². The second-order valence-electron chi connectivity index (χ2n) is 7.37. The van der Waals surface area contributed by atoms with Crippen molar-refractivity contribution in [1.82, 2.24) is 19.5 Å². The van der Waals surface area contributed by atoms with Gasteiger partial charge in [-0.2, -0.15) is 4.98 Å². The van der Waals surface area contributed by atoms with Gasteiger partial charge in [0.05, 0.1) is 19.5 Å². The topological polar surface area (TPSA) is 215 Å². The van der Waals surface area contributed by atoms with Crippen LogP contribution in [0.3, 0.4) is 0 Å². The number of H-pyrrole nitrogens is 1. The number of hydrogen-bond donors (Lipinski definition) is 6. The van der Waals surface area contributed by atoms with Crippen molar-refractivity contribution in [2.45, 2.75) is 30.5 Å². The van der Waals surface area contributed by atoms with Crippen LogP contribution < -0.4 is 16.0 Å². The number of aromatic amines is 1. The van der Waals surface area contributed by atoms with E-state index in [4.69, 9.17) is 25.0 Å². The summed E-state index contributed by atoms with van der Waals surface area (Å²) in [5, 5.41) is 21.6. The third kappa shape index (κ3) is 4.63. The highest BCUT2D eigenvalue weighted by Gasteiger charge is 2.56. The number of phosphoric ester groups is 1. The van der Waals surface area contributed by atoms with E-state index in [-0.39, 0.29) is 30.1 Å². The molecule has 7 N–H and O–H groups in total. The molecule has 1 aliphatic rings. The first-order valence-corrected chi connectivity index (χ1v) is 11.3. The van der Waals surface area contributed by atoms with Crippen LogP contribution in [0.1, 0.15) is 6.42 Å². The van der Waals surface area contributed by atoms with E-state index in [1.807, 2.05) is 6.07 Å².